The molecule has 0 saturated heterocycles. The van der Waals surface area contributed by atoms with E-state index in [2.05, 4.69) is 0 Å². The van der Waals surface area contributed by atoms with Crippen molar-refractivity contribution in [1.29, 1.82) is 0 Å². The maximum atomic E-state index is 9.96. The van der Waals surface area contributed by atoms with Crippen LogP contribution in [0.25, 0.3) is 0 Å². The Hall–Kier alpha value is -1.22. The first-order chi connectivity index (χ1) is 7.50. The lowest BCUT2D eigenvalue weighted by Crippen LogP contribution is -2.22. The summed E-state index contributed by atoms with van der Waals surface area (Å²) in [6, 6.07) is 3.12. The first-order valence-electron chi connectivity index (χ1n) is 5.78. The molecule has 1 aromatic carbocycles. The molecule has 0 heterocycles. The van der Waals surface area contributed by atoms with Gasteiger partial charge < -0.3 is 15.3 Å². The molecule has 0 saturated carbocycles. The van der Waals surface area contributed by atoms with Gasteiger partial charge >= 0.3 is 0 Å². The third-order valence-electron chi connectivity index (χ3n) is 2.63. The van der Waals surface area contributed by atoms with Crippen molar-refractivity contribution in [2.45, 2.75) is 52.1 Å². The molecule has 0 bridgehead atoms. The molecule has 0 unspecified atom stereocenters. The molecule has 1 rings (SSSR count). The van der Waals surface area contributed by atoms with Crippen molar-refractivity contribution in [3.05, 3.63) is 23.3 Å². The first-order valence-corrected chi connectivity index (χ1v) is 5.78. The van der Waals surface area contributed by atoms with E-state index in [1.165, 1.54) is 6.07 Å². The lowest BCUT2D eigenvalue weighted by molar-refractivity contribution is 0.0802. The minimum Gasteiger partial charge on any atom is -0.508 e. The van der Waals surface area contributed by atoms with Crippen LogP contribution in [0.3, 0.4) is 0 Å². The summed E-state index contributed by atoms with van der Waals surface area (Å²) in [7, 11) is 0. The second-order valence-electron chi connectivity index (χ2n) is 6.24. The molecule has 0 spiro atoms. The molecule has 96 valence electrons. The Morgan fingerprint density at radius 3 is 1.88 bits per heavy atom. The zero-order valence-electron chi connectivity index (χ0n) is 11.2. The summed E-state index contributed by atoms with van der Waals surface area (Å²) in [6.45, 7) is 9.24. The summed E-state index contributed by atoms with van der Waals surface area (Å²) in [5.74, 6) is 0.282. The fraction of sp³-hybridized carbons (Fsp3) is 0.571. The Bertz CT molecular complexity index is 409. The van der Waals surface area contributed by atoms with Crippen LogP contribution in [0.2, 0.25) is 0 Å². The predicted molar refractivity (Wildman–Crippen MR) is 68.5 cm³/mol. The summed E-state index contributed by atoms with van der Waals surface area (Å²) in [5, 5.41) is 29.6. The van der Waals surface area contributed by atoms with Gasteiger partial charge in [0.05, 0.1) is 5.60 Å². The minimum atomic E-state index is -0.910. The number of phenols is 2. The Morgan fingerprint density at radius 1 is 0.941 bits per heavy atom. The third-order valence-corrected chi connectivity index (χ3v) is 2.63. The maximum Gasteiger partial charge on any atom is 0.119 e. The largest absolute Gasteiger partial charge is 0.508 e. The Morgan fingerprint density at radius 2 is 1.47 bits per heavy atom. The topological polar surface area (TPSA) is 60.7 Å². The summed E-state index contributed by atoms with van der Waals surface area (Å²) < 4.78 is 0. The number of rotatable bonds is 2. The molecule has 3 heteroatoms. The molecular formula is C14H22O3. The molecule has 3 nitrogen and oxygen atoms in total. The molecule has 17 heavy (non-hydrogen) atoms. The smallest absolute Gasteiger partial charge is 0.119 e. The van der Waals surface area contributed by atoms with E-state index in [-0.39, 0.29) is 16.9 Å². The van der Waals surface area contributed by atoms with Gasteiger partial charge in [0.2, 0.25) is 0 Å². The molecule has 3 N–H and O–H groups in total. The van der Waals surface area contributed by atoms with Gasteiger partial charge in [0.15, 0.2) is 0 Å². The molecule has 0 radical (unpaired) electrons. The molecule has 0 amide bonds. The van der Waals surface area contributed by atoms with Crippen LogP contribution in [0.15, 0.2) is 12.1 Å². The average Bonchev–Trinajstić information content (AvgIpc) is 2.06. The van der Waals surface area contributed by atoms with Gasteiger partial charge in [-0.25, -0.2) is 0 Å². The molecule has 0 fully saturated rings. The summed E-state index contributed by atoms with van der Waals surface area (Å²) in [6.07, 6.45) is 0.302. The van der Waals surface area contributed by atoms with E-state index in [1.54, 1.807) is 19.9 Å². The summed E-state index contributed by atoms with van der Waals surface area (Å²) in [4.78, 5) is 0. The van der Waals surface area contributed by atoms with Gasteiger partial charge in [0, 0.05) is 17.5 Å². The van der Waals surface area contributed by atoms with Crippen molar-refractivity contribution < 1.29 is 15.3 Å². The van der Waals surface area contributed by atoms with E-state index in [1.807, 2.05) is 20.8 Å². The zero-order valence-corrected chi connectivity index (χ0v) is 11.2. The SMILES string of the molecule is CC(C)(O)Cc1cc(O)c(C(C)(C)C)cc1O. The van der Waals surface area contributed by atoms with Gasteiger partial charge in [0.1, 0.15) is 11.5 Å². The van der Waals surface area contributed by atoms with E-state index in [0.717, 1.165) is 0 Å². The molecule has 1 aromatic rings. The number of aromatic hydroxyl groups is 2. The van der Waals surface area contributed by atoms with Crippen molar-refractivity contribution in [2.75, 3.05) is 0 Å². The highest BCUT2D eigenvalue weighted by molar-refractivity contribution is 5.48. The third kappa shape index (κ3) is 3.63. The van der Waals surface area contributed by atoms with E-state index >= 15 is 0 Å². The van der Waals surface area contributed by atoms with Crippen LogP contribution in [0, 0.1) is 0 Å². The van der Waals surface area contributed by atoms with Crippen molar-refractivity contribution >= 4 is 0 Å². The molecule has 0 aliphatic carbocycles. The summed E-state index contributed by atoms with van der Waals surface area (Å²) in [5.41, 5.74) is 0.125. The monoisotopic (exact) mass is 238 g/mol. The Balaban J connectivity index is 3.19. The van der Waals surface area contributed by atoms with E-state index < -0.39 is 5.60 Å². The standard InChI is InChI=1S/C14H22O3/c1-13(2,3)10-7-11(15)9(6-12(10)16)8-14(4,5)17/h6-7,15-17H,8H2,1-5H3. The number of hydrogen-bond acceptors (Lipinski definition) is 3. The average molecular weight is 238 g/mol. The Labute approximate surface area is 103 Å². The second-order valence-corrected chi connectivity index (χ2v) is 6.24. The van der Waals surface area contributed by atoms with Gasteiger partial charge in [-0.15, -0.1) is 0 Å². The van der Waals surface area contributed by atoms with E-state index in [0.29, 0.717) is 17.5 Å². The number of aliphatic hydroxyl groups is 1. The van der Waals surface area contributed by atoms with E-state index in [4.69, 9.17) is 0 Å². The van der Waals surface area contributed by atoms with Crippen molar-refractivity contribution in [2.24, 2.45) is 0 Å². The highest BCUT2D eigenvalue weighted by atomic mass is 16.3. The van der Waals surface area contributed by atoms with Crippen LogP contribution in [0.4, 0.5) is 0 Å². The van der Waals surface area contributed by atoms with Crippen molar-refractivity contribution in [1.82, 2.24) is 0 Å². The van der Waals surface area contributed by atoms with Crippen molar-refractivity contribution in [3.63, 3.8) is 0 Å². The van der Waals surface area contributed by atoms with Crippen LogP contribution in [-0.2, 0) is 11.8 Å². The summed E-state index contributed by atoms with van der Waals surface area (Å²) >= 11 is 0. The van der Waals surface area contributed by atoms with Crippen LogP contribution in [0.1, 0.15) is 45.7 Å². The lowest BCUT2D eigenvalue weighted by Gasteiger charge is -2.23. The highest BCUT2D eigenvalue weighted by Gasteiger charge is 2.22. The fourth-order valence-electron chi connectivity index (χ4n) is 1.83. The van der Waals surface area contributed by atoms with Gasteiger partial charge in [0.25, 0.3) is 0 Å². The Kier molecular flexibility index (Phi) is 3.44. The first kappa shape index (κ1) is 13.8. The second kappa shape index (κ2) is 4.22. The van der Waals surface area contributed by atoms with Gasteiger partial charge in [-0.3, -0.25) is 0 Å². The minimum absolute atomic E-state index is 0.120. The number of phenolic OH excluding ortho intramolecular Hbond substituents is 2. The van der Waals surface area contributed by atoms with Gasteiger partial charge in [-0.05, 0) is 31.4 Å². The van der Waals surface area contributed by atoms with E-state index in [9.17, 15) is 15.3 Å². The van der Waals surface area contributed by atoms with Crippen LogP contribution >= 0.6 is 0 Å². The molecule has 0 aliphatic heterocycles. The van der Waals surface area contributed by atoms with Gasteiger partial charge in [-0.1, -0.05) is 20.8 Å². The van der Waals surface area contributed by atoms with Crippen LogP contribution in [0.5, 0.6) is 11.5 Å². The molecule has 0 aromatic heterocycles. The quantitative estimate of drug-likeness (QED) is 0.694. The van der Waals surface area contributed by atoms with Crippen molar-refractivity contribution in [3.8, 4) is 11.5 Å². The number of benzene rings is 1. The molecule has 0 atom stereocenters. The molecule has 0 aliphatic rings. The van der Waals surface area contributed by atoms with Gasteiger partial charge in [-0.2, -0.15) is 0 Å². The molecular weight excluding hydrogens is 216 g/mol. The van der Waals surface area contributed by atoms with Crippen LogP contribution in [-0.4, -0.2) is 20.9 Å². The number of hydrogen-bond donors (Lipinski definition) is 3. The normalized spacial score (nSPS) is 12.8. The fourth-order valence-corrected chi connectivity index (χ4v) is 1.83. The lowest BCUT2D eigenvalue weighted by atomic mass is 9.84. The maximum absolute atomic E-state index is 9.96. The zero-order chi connectivity index (χ0) is 13.4. The predicted octanol–water partition coefficient (Wildman–Crippen LogP) is 2.71. The highest BCUT2D eigenvalue weighted by Crippen LogP contribution is 2.36. The van der Waals surface area contributed by atoms with Crippen LogP contribution < -0.4 is 0 Å².